The number of halogens is 3. The van der Waals surface area contributed by atoms with Gasteiger partial charge in [0, 0.05) is 32.1 Å². The summed E-state index contributed by atoms with van der Waals surface area (Å²) in [6, 6.07) is 2.08. The zero-order valence-corrected chi connectivity index (χ0v) is 13.3. The van der Waals surface area contributed by atoms with Gasteiger partial charge in [0.15, 0.2) is 5.82 Å². The first kappa shape index (κ1) is 16.2. The Morgan fingerprint density at radius 3 is 2.70 bits per heavy atom. The number of hydrogen-bond donors (Lipinski definition) is 0. The number of rotatable bonds is 2. The van der Waals surface area contributed by atoms with E-state index in [0.29, 0.717) is 26.1 Å². The van der Waals surface area contributed by atoms with Gasteiger partial charge in [-0.25, -0.2) is 8.78 Å². The van der Waals surface area contributed by atoms with Gasteiger partial charge in [0.05, 0.1) is 5.56 Å². The second kappa shape index (κ2) is 6.43. The molecule has 2 heterocycles. The van der Waals surface area contributed by atoms with Crippen molar-refractivity contribution in [1.82, 2.24) is 9.80 Å². The molecular formula is C16H17ClF2N2O2. The van der Waals surface area contributed by atoms with E-state index in [1.165, 1.54) is 4.90 Å². The SMILES string of the molecule is O=C(c1ccc(F)c(Cl)c1F)N1CCCC(N2CCCC2=O)C1. The van der Waals surface area contributed by atoms with E-state index in [-0.39, 0.29) is 17.5 Å². The minimum absolute atomic E-state index is 0.0262. The number of benzene rings is 1. The number of carbonyl (C=O) groups excluding carboxylic acids is 2. The van der Waals surface area contributed by atoms with Gasteiger partial charge < -0.3 is 9.80 Å². The predicted octanol–water partition coefficient (Wildman–Crippen LogP) is 2.85. The normalized spacial score (nSPS) is 21.9. The predicted molar refractivity (Wildman–Crippen MR) is 81.2 cm³/mol. The van der Waals surface area contributed by atoms with Crippen molar-refractivity contribution in [2.24, 2.45) is 0 Å². The fourth-order valence-electron chi connectivity index (χ4n) is 3.31. The maximum absolute atomic E-state index is 14.0. The first-order valence-corrected chi connectivity index (χ1v) is 8.09. The molecule has 2 aliphatic rings. The van der Waals surface area contributed by atoms with Gasteiger partial charge in [-0.2, -0.15) is 0 Å². The molecule has 2 fully saturated rings. The van der Waals surface area contributed by atoms with Crippen LogP contribution < -0.4 is 0 Å². The second-order valence-electron chi connectivity index (χ2n) is 5.96. The lowest BCUT2D eigenvalue weighted by molar-refractivity contribution is -0.130. The Hall–Kier alpha value is -1.69. The molecule has 124 valence electrons. The van der Waals surface area contributed by atoms with Gasteiger partial charge in [-0.15, -0.1) is 0 Å². The number of likely N-dealkylation sites (tertiary alicyclic amines) is 2. The molecule has 0 aromatic heterocycles. The third-order valence-electron chi connectivity index (χ3n) is 4.50. The van der Waals surface area contributed by atoms with Gasteiger partial charge >= 0.3 is 0 Å². The Balaban J connectivity index is 1.77. The lowest BCUT2D eigenvalue weighted by atomic mass is 10.0. The van der Waals surface area contributed by atoms with Crippen LogP contribution in [-0.4, -0.2) is 47.3 Å². The Kier molecular flexibility index (Phi) is 4.53. The van der Waals surface area contributed by atoms with Crippen LogP contribution in [0.4, 0.5) is 8.78 Å². The summed E-state index contributed by atoms with van der Waals surface area (Å²) in [6.07, 6.45) is 2.97. The molecule has 1 unspecified atom stereocenters. The molecular weight excluding hydrogens is 326 g/mol. The molecule has 23 heavy (non-hydrogen) atoms. The van der Waals surface area contributed by atoms with E-state index < -0.39 is 22.6 Å². The third kappa shape index (κ3) is 3.04. The minimum Gasteiger partial charge on any atom is -0.338 e. The molecule has 4 nitrogen and oxygen atoms in total. The van der Waals surface area contributed by atoms with E-state index in [4.69, 9.17) is 11.6 Å². The second-order valence-corrected chi connectivity index (χ2v) is 6.34. The zero-order valence-electron chi connectivity index (χ0n) is 12.5. The van der Waals surface area contributed by atoms with Crippen molar-refractivity contribution < 1.29 is 18.4 Å². The average Bonchev–Trinajstić information content (AvgIpc) is 2.98. The molecule has 7 heteroatoms. The molecule has 0 N–H and O–H groups in total. The molecule has 0 aliphatic carbocycles. The first-order valence-electron chi connectivity index (χ1n) is 7.71. The van der Waals surface area contributed by atoms with Crippen LogP contribution in [0.15, 0.2) is 12.1 Å². The van der Waals surface area contributed by atoms with Crippen LogP contribution >= 0.6 is 11.6 Å². The number of piperidine rings is 1. The van der Waals surface area contributed by atoms with E-state index >= 15 is 0 Å². The third-order valence-corrected chi connectivity index (χ3v) is 4.85. The topological polar surface area (TPSA) is 40.6 Å². The highest BCUT2D eigenvalue weighted by Crippen LogP contribution is 2.26. The van der Waals surface area contributed by atoms with Gasteiger partial charge in [0.2, 0.25) is 5.91 Å². The number of amides is 2. The highest BCUT2D eigenvalue weighted by molar-refractivity contribution is 6.31. The maximum atomic E-state index is 14.0. The Morgan fingerprint density at radius 2 is 2.00 bits per heavy atom. The quantitative estimate of drug-likeness (QED) is 0.775. The van der Waals surface area contributed by atoms with Crippen LogP contribution in [0.1, 0.15) is 36.0 Å². The summed E-state index contributed by atoms with van der Waals surface area (Å²) < 4.78 is 27.3. The van der Waals surface area contributed by atoms with E-state index in [2.05, 4.69) is 0 Å². The van der Waals surface area contributed by atoms with Crippen molar-refractivity contribution >= 4 is 23.4 Å². The minimum atomic E-state index is -1.03. The van der Waals surface area contributed by atoms with Crippen molar-refractivity contribution in [3.8, 4) is 0 Å². The monoisotopic (exact) mass is 342 g/mol. The van der Waals surface area contributed by atoms with E-state index in [0.717, 1.165) is 31.4 Å². The molecule has 0 saturated carbocycles. The number of hydrogen-bond acceptors (Lipinski definition) is 2. The van der Waals surface area contributed by atoms with Gasteiger partial charge in [-0.3, -0.25) is 9.59 Å². The van der Waals surface area contributed by atoms with Crippen LogP contribution in [0.5, 0.6) is 0 Å². The molecule has 0 spiro atoms. The zero-order chi connectivity index (χ0) is 16.6. The Bertz CT molecular complexity index is 653. The van der Waals surface area contributed by atoms with E-state index in [9.17, 15) is 18.4 Å². The molecule has 2 aliphatic heterocycles. The smallest absolute Gasteiger partial charge is 0.256 e. The van der Waals surface area contributed by atoms with E-state index in [1.54, 1.807) is 0 Å². The summed E-state index contributed by atoms with van der Waals surface area (Å²) in [5.41, 5.74) is -0.232. The number of nitrogens with zero attached hydrogens (tertiary/aromatic N) is 2. The van der Waals surface area contributed by atoms with Crippen molar-refractivity contribution in [3.05, 3.63) is 34.4 Å². The molecule has 3 rings (SSSR count). The van der Waals surface area contributed by atoms with Crippen LogP contribution in [-0.2, 0) is 4.79 Å². The van der Waals surface area contributed by atoms with Crippen LogP contribution in [0.25, 0.3) is 0 Å². The number of carbonyl (C=O) groups is 2. The summed E-state index contributed by atoms with van der Waals surface area (Å²) in [4.78, 5) is 27.7. The Labute approximate surface area is 138 Å². The fraction of sp³-hybridized carbons (Fsp3) is 0.500. The highest BCUT2D eigenvalue weighted by Gasteiger charge is 2.33. The van der Waals surface area contributed by atoms with Gasteiger partial charge in [0.1, 0.15) is 10.8 Å². The molecule has 1 atom stereocenters. The molecule has 0 bridgehead atoms. The summed E-state index contributed by atoms with van der Waals surface area (Å²) in [5.74, 6) is -2.32. The summed E-state index contributed by atoms with van der Waals surface area (Å²) in [7, 11) is 0. The van der Waals surface area contributed by atoms with E-state index in [1.807, 2.05) is 4.90 Å². The molecule has 1 aromatic rings. The van der Waals surface area contributed by atoms with Crippen molar-refractivity contribution in [1.29, 1.82) is 0 Å². The lowest BCUT2D eigenvalue weighted by Crippen LogP contribution is -2.50. The highest BCUT2D eigenvalue weighted by atomic mass is 35.5. The molecule has 1 aromatic carbocycles. The summed E-state index contributed by atoms with van der Waals surface area (Å²) in [6.45, 7) is 1.58. The summed E-state index contributed by atoms with van der Waals surface area (Å²) >= 11 is 5.54. The van der Waals surface area contributed by atoms with Crippen molar-refractivity contribution in [3.63, 3.8) is 0 Å². The van der Waals surface area contributed by atoms with Crippen LogP contribution in [0.3, 0.4) is 0 Å². The van der Waals surface area contributed by atoms with Crippen LogP contribution in [0.2, 0.25) is 5.02 Å². The lowest BCUT2D eigenvalue weighted by Gasteiger charge is -2.37. The Morgan fingerprint density at radius 1 is 1.22 bits per heavy atom. The summed E-state index contributed by atoms with van der Waals surface area (Å²) in [5, 5.41) is -0.667. The average molecular weight is 343 g/mol. The molecule has 2 saturated heterocycles. The standard InChI is InChI=1S/C16H17ClF2N2O2/c17-14-12(18)6-5-11(15(14)19)16(23)20-7-1-3-10(9-20)21-8-2-4-13(21)22/h5-6,10H,1-4,7-9H2. The fourth-order valence-corrected chi connectivity index (χ4v) is 3.47. The maximum Gasteiger partial charge on any atom is 0.256 e. The van der Waals surface area contributed by atoms with Crippen molar-refractivity contribution in [2.45, 2.75) is 31.7 Å². The molecule has 2 amide bonds. The van der Waals surface area contributed by atoms with Gasteiger partial charge in [-0.05, 0) is 31.4 Å². The first-order chi connectivity index (χ1) is 11.0. The van der Waals surface area contributed by atoms with Crippen LogP contribution in [0, 0.1) is 11.6 Å². The van der Waals surface area contributed by atoms with Gasteiger partial charge in [-0.1, -0.05) is 11.6 Å². The van der Waals surface area contributed by atoms with Crippen molar-refractivity contribution in [2.75, 3.05) is 19.6 Å². The largest absolute Gasteiger partial charge is 0.338 e. The molecule has 0 radical (unpaired) electrons. The van der Waals surface area contributed by atoms with Gasteiger partial charge in [0.25, 0.3) is 5.91 Å².